The highest BCUT2D eigenvalue weighted by atomic mass is 32.2. The molecule has 0 bridgehead atoms. The molecule has 44 heavy (non-hydrogen) atoms. The summed E-state index contributed by atoms with van der Waals surface area (Å²) in [5, 5.41) is 8.81. The SMILES string of the molecule is Cc1ccc(S(=O)(=O)CC(CS(=O)(=O)c2ccc(C)cc2)C(=O)c2ccc(C(=O)NNCCCC[C@H](N)C(=O)O)cc2)cc1. The molecule has 3 aromatic rings. The van der Waals surface area contributed by atoms with Crippen molar-refractivity contribution < 1.29 is 36.3 Å². The minimum absolute atomic E-state index is 0.0158. The van der Waals surface area contributed by atoms with Crippen LogP contribution in [-0.4, -0.2) is 63.7 Å². The summed E-state index contributed by atoms with van der Waals surface area (Å²) in [6.45, 7) is 3.98. The summed E-state index contributed by atoms with van der Waals surface area (Å²) in [5.74, 6) is -5.09. The number of hydrazine groups is 1. The van der Waals surface area contributed by atoms with Gasteiger partial charge in [-0.25, -0.2) is 22.3 Å². The van der Waals surface area contributed by atoms with E-state index in [9.17, 15) is 31.2 Å². The molecule has 13 heteroatoms. The summed E-state index contributed by atoms with van der Waals surface area (Å²) in [6, 6.07) is 16.7. The number of hydrogen-bond acceptors (Lipinski definition) is 9. The van der Waals surface area contributed by atoms with Crippen LogP contribution in [-0.2, 0) is 24.5 Å². The summed E-state index contributed by atoms with van der Waals surface area (Å²) in [7, 11) is -8.06. The summed E-state index contributed by atoms with van der Waals surface area (Å²) >= 11 is 0. The Bertz CT molecular complexity index is 1590. The van der Waals surface area contributed by atoms with Crippen LogP contribution in [0.4, 0.5) is 0 Å². The Balaban J connectivity index is 1.74. The Kier molecular flexibility index (Phi) is 11.9. The molecular weight excluding hydrogens is 606 g/mol. The minimum atomic E-state index is -4.03. The van der Waals surface area contributed by atoms with Crippen LogP contribution >= 0.6 is 0 Å². The lowest BCUT2D eigenvalue weighted by molar-refractivity contribution is -0.138. The predicted octanol–water partition coefficient (Wildman–Crippen LogP) is 2.87. The summed E-state index contributed by atoms with van der Waals surface area (Å²) in [6.07, 6.45) is 1.43. The molecule has 236 valence electrons. The number of aliphatic carboxylic acids is 1. The average Bonchev–Trinajstić information content (AvgIpc) is 2.98. The number of benzene rings is 3. The Hall–Kier alpha value is -3.91. The van der Waals surface area contributed by atoms with Gasteiger partial charge in [0.25, 0.3) is 5.91 Å². The molecule has 1 atom stereocenters. The van der Waals surface area contributed by atoms with Crippen LogP contribution in [0.5, 0.6) is 0 Å². The Morgan fingerprint density at radius 1 is 0.727 bits per heavy atom. The predicted molar refractivity (Wildman–Crippen MR) is 166 cm³/mol. The number of nitrogens with one attached hydrogen (secondary N) is 2. The first-order valence-electron chi connectivity index (χ1n) is 13.9. The lowest BCUT2D eigenvalue weighted by Crippen LogP contribution is -2.38. The third kappa shape index (κ3) is 9.81. The highest BCUT2D eigenvalue weighted by molar-refractivity contribution is 7.92. The van der Waals surface area contributed by atoms with Crippen molar-refractivity contribution in [2.75, 3.05) is 18.1 Å². The molecule has 0 aliphatic rings. The van der Waals surface area contributed by atoms with E-state index in [0.717, 1.165) is 11.1 Å². The monoisotopic (exact) mass is 643 g/mol. The molecule has 0 fully saturated rings. The maximum absolute atomic E-state index is 13.6. The molecule has 5 N–H and O–H groups in total. The number of carbonyl (C=O) groups excluding carboxylic acids is 2. The zero-order chi connectivity index (χ0) is 32.5. The molecule has 0 aliphatic carbocycles. The third-order valence-electron chi connectivity index (χ3n) is 6.99. The van der Waals surface area contributed by atoms with Crippen molar-refractivity contribution in [2.45, 2.75) is 48.9 Å². The van der Waals surface area contributed by atoms with Gasteiger partial charge >= 0.3 is 5.97 Å². The number of carboxylic acid groups (broad SMARTS) is 1. The van der Waals surface area contributed by atoms with Gasteiger partial charge in [-0.2, -0.15) is 0 Å². The maximum Gasteiger partial charge on any atom is 0.320 e. The first-order valence-corrected chi connectivity index (χ1v) is 17.2. The maximum atomic E-state index is 13.6. The van der Waals surface area contributed by atoms with Crippen molar-refractivity contribution in [3.05, 3.63) is 95.1 Å². The fourth-order valence-electron chi connectivity index (χ4n) is 4.35. The first-order chi connectivity index (χ1) is 20.7. The van der Waals surface area contributed by atoms with Gasteiger partial charge in [0.05, 0.1) is 27.2 Å². The molecule has 0 radical (unpaired) electrons. The van der Waals surface area contributed by atoms with E-state index in [4.69, 9.17) is 10.8 Å². The number of carboxylic acids is 1. The molecule has 0 aromatic heterocycles. The lowest BCUT2D eigenvalue weighted by Gasteiger charge is -2.17. The Morgan fingerprint density at radius 3 is 1.64 bits per heavy atom. The van der Waals surface area contributed by atoms with Gasteiger partial charge in [-0.3, -0.25) is 19.8 Å². The number of amides is 1. The van der Waals surface area contributed by atoms with Crippen molar-refractivity contribution in [3.63, 3.8) is 0 Å². The highest BCUT2D eigenvalue weighted by Gasteiger charge is 2.33. The van der Waals surface area contributed by atoms with Gasteiger partial charge < -0.3 is 10.8 Å². The molecule has 0 aliphatic heterocycles. The number of nitrogens with two attached hydrogens (primary N) is 1. The van der Waals surface area contributed by atoms with Crippen molar-refractivity contribution in [1.82, 2.24) is 10.9 Å². The van der Waals surface area contributed by atoms with Crippen molar-refractivity contribution in [3.8, 4) is 0 Å². The summed E-state index contributed by atoms with van der Waals surface area (Å²) in [5.41, 5.74) is 12.7. The van der Waals surface area contributed by atoms with Gasteiger partial charge in [0.2, 0.25) is 0 Å². The van der Waals surface area contributed by atoms with Crippen LogP contribution in [0.3, 0.4) is 0 Å². The van der Waals surface area contributed by atoms with E-state index in [1.807, 2.05) is 0 Å². The summed E-state index contributed by atoms with van der Waals surface area (Å²) in [4.78, 5) is 36.9. The van der Waals surface area contributed by atoms with E-state index >= 15 is 0 Å². The lowest BCUT2D eigenvalue weighted by atomic mass is 9.99. The first kappa shape index (κ1) is 34.6. The van der Waals surface area contributed by atoms with Crippen LogP contribution < -0.4 is 16.6 Å². The summed E-state index contributed by atoms with van der Waals surface area (Å²) < 4.78 is 53.2. The molecule has 3 aromatic carbocycles. The molecule has 3 rings (SSSR count). The van der Waals surface area contributed by atoms with Gasteiger partial charge in [-0.1, -0.05) is 47.5 Å². The second-order valence-corrected chi connectivity index (χ2v) is 14.7. The zero-order valence-electron chi connectivity index (χ0n) is 24.5. The standard InChI is InChI=1S/C31H37N3O8S2/c1-21-6-14-26(15-7-21)43(39,40)19-25(20-44(41,42)27-16-8-22(2)9-17-27)29(35)23-10-12-24(13-11-23)30(36)34-33-18-4-3-5-28(32)31(37)38/h6-17,25,28,33H,3-5,18-20,32H2,1-2H3,(H,34,36)(H,37,38)/t28-/m0/s1. The number of unbranched alkanes of at least 4 members (excludes halogenated alkanes) is 1. The quantitative estimate of drug-likeness (QED) is 0.103. The average molecular weight is 644 g/mol. The molecular formula is C31H37N3O8S2. The second-order valence-electron chi connectivity index (χ2n) is 10.6. The van der Waals surface area contributed by atoms with E-state index in [1.165, 1.54) is 48.5 Å². The third-order valence-corrected chi connectivity index (χ3v) is 10.7. The Labute approximate surface area is 257 Å². The molecule has 1 amide bonds. The normalized spacial score (nSPS) is 12.5. The smallest absolute Gasteiger partial charge is 0.320 e. The largest absolute Gasteiger partial charge is 0.480 e. The van der Waals surface area contributed by atoms with Crippen molar-refractivity contribution in [1.29, 1.82) is 0 Å². The van der Waals surface area contributed by atoms with Gasteiger partial charge in [0.1, 0.15) is 6.04 Å². The molecule has 0 heterocycles. The van der Waals surface area contributed by atoms with Crippen LogP contribution in [0.2, 0.25) is 0 Å². The fraction of sp³-hybridized carbons (Fsp3) is 0.323. The van der Waals surface area contributed by atoms with Crippen LogP contribution in [0.25, 0.3) is 0 Å². The highest BCUT2D eigenvalue weighted by Crippen LogP contribution is 2.23. The van der Waals surface area contributed by atoms with Gasteiger partial charge in [0.15, 0.2) is 25.5 Å². The second kappa shape index (κ2) is 15.2. The molecule has 0 unspecified atom stereocenters. The number of Topliss-reactive ketones (excluding diaryl/α,β-unsaturated/α-hetero) is 1. The number of aryl methyl sites for hydroxylation is 2. The van der Waals surface area contributed by atoms with Crippen LogP contribution in [0, 0.1) is 19.8 Å². The van der Waals surface area contributed by atoms with Gasteiger partial charge in [-0.05, 0) is 69.5 Å². The van der Waals surface area contributed by atoms with E-state index in [0.29, 0.717) is 25.8 Å². The molecule has 11 nitrogen and oxygen atoms in total. The fourth-order valence-corrected chi connectivity index (χ4v) is 7.58. The van der Waals surface area contributed by atoms with E-state index in [1.54, 1.807) is 38.1 Å². The van der Waals surface area contributed by atoms with Gasteiger partial charge in [-0.15, -0.1) is 0 Å². The van der Waals surface area contributed by atoms with Crippen molar-refractivity contribution in [2.24, 2.45) is 11.7 Å². The molecule has 0 saturated carbocycles. The minimum Gasteiger partial charge on any atom is -0.480 e. The molecule has 0 spiro atoms. The van der Waals surface area contributed by atoms with E-state index < -0.39 is 60.8 Å². The zero-order valence-corrected chi connectivity index (χ0v) is 26.2. The number of rotatable bonds is 16. The van der Waals surface area contributed by atoms with Crippen LogP contribution in [0.1, 0.15) is 51.1 Å². The number of ketones is 1. The molecule has 0 saturated heterocycles. The number of carbonyl (C=O) groups is 3. The van der Waals surface area contributed by atoms with Crippen molar-refractivity contribution >= 4 is 37.3 Å². The van der Waals surface area contributed by atoms with E-state index in [2.05, 4.69) is 10.9 Å². The van der Waals surface area contributed by atoms with Crippen LogP contribution in [0.15, 0.2) is 82.6 Å². The Morgan fingerprint density at radius 2 is 1.18 bits per heavy atom. The number of hydrogen-bond donors (Lipinski definition) is 4. The number of sulfone groups is 2. The topological polar surface area (TPSA) is 190 Å². The van der Waals surface area contributed by atoms with E-state index in [-0.39, 0.29) is 20.9 Å². The van der Waals surface area contributed by atoms with Gasteiger partial charge in [0, 0.05) is 17.7 Å².